The van der Waals surface area contributed by atoms with Crippen molar-refractivity contribution in [3.8, 4) is 0 Å². The first-order chi connectivity index (χ1) is 7.57. The van der Waals surface area contributed by atoms with E-state index in [1.807, 2.05) is 6.92 Å². The number of carbonyl (C=O) groups excluding carboxylic acids is 1. The van der Waals surface area contributed by atoms with Crippen LogP contribution < -0.4 is 9.80 Å². The summed E-state index contributed by atoms with van der Waals surface area (Å²) in [5.41, 5.74) is 0.864. The number of aromatic nitrogens is 2. The molecule has 1 aromatic rings. The zero-order valence-corrected chi connectivity index (χ0v) is 10.2. The molecule has 0 bridgehead atoms. The fourth-order valence-corrected chi connectivity index (χ4v) is 2.31. The minimum Gasteiger partial charge on any atom is -0.341 e. The summed E-state index contributed by atoms with van der Waals surface area (Å²) < 4.78 is 0. The minimum absolute atomic E-state index is 0.0852. The fraction of sp³-hybridized carbons (Fsp3) is 0.636. The van der Waals surface area contributed by atoms with Crippen LogP contribution in [0.25, 0.3) is 0 Å². The number of rotatable bonds is 2. The highest BCUT2D eigenvalue weighted by Gasteiger charge is 2.37. The molecule has 0 fully saturated rings. The van der Waals surface area contributed by atoms with Gasteiger partial charge in [-0.15, -0.1) is 0 Å². The van der Waals surface area contributed by atoms with Crippen molar-refractivity contribution in [2.45, 2.75) is 39.3 Å². The fourth-order valence-electron chi connectivity index (χ4n) is 2.31. The van der Waals surface area contributed by atoms with E-state index in [0.717, 1.165) is 17.9 Å². The van der Waals surface area contributed by atoms with Gasteiger partial charge in [0, 0.05) is 13.1 Å². The lowest BCUT2D eigenvalue weighted by Gasteiger charge is -2.41. The molecule has 16 heavy (non-hydrogen) atoms. The van der Waals surface area contributed by atoms with Crippen LogP contribution in [0.1, 0.15) is 27.2 Å². The normalized spacial score (nSPS) is 20.6. The first-order valence-electron chi connectivity index (χ1n) is 5.67. The molecule has 0 aliphatic carbocycles. The van der Waals surface area contributed by atoms with Crippen molar-refractivity contribution in [1.82, 2.24) is 10.2 Å². The lowest BCUT2D eigenvalue weighted by Crippen LogP contribution is -2.54. The second-order valence-corrected chi connectivity index (χ2v) is 4.43. The number of hydrogen-bond donors (Lipinski definition) is 1. The van der Waals surface area contributed by atoms with Crippen LogP contribution in [0.2, 0.25) is 0 Å². The summed E-state index contributed by atoms with van der Waals surface area (Å²) in [5, 5.41) is 7.02. The lowest BCUT2D eigenvalue weighted by molar-refractivity contribution is -0.120. The van der Waals surface area contributed by atoms with Crippen molar-refractivity contribution in [3.05, 3.63) is 6.20 Å². The number of hydrogen-bond acceptors (Lipinski definition) is 3. The number of anilines is 2. The van der Waals surface area contributed by atoms with Crippen LogP contribution in [0.3, 0.4) is 0 Å². The highest BCUT2D eigenvalue weighted by molar-refractivity contribution is 6.04. The van der Waals surface area contributed by atoms with Crippen LogP contribution in [0, 0.1) is 0 Å². The molecule has 1 aliphatic rings. The molecule has 0 aromatic carbocycles. The molecule has 5 nitrogen and oxygen atoms in total. The zero-order chi connectivity index (χ0) is 11.9. The predicted molar refractivity (Wildman–Crippen MR) is 63.7 cm³/mol. The molecule has 5 heteroatoms. The summed E-state index contributed by atoms with van der Waals surface area (Å²) in [6.45, 7) is 6.21. The van der Waals surface area contributed by atoms with Crippen molar-refractivity contribution in [3.63, 3.8) is 0 Å². The third kappa shape index (κ3) is 1.38. The second-order valence-electron chi connectivity index (χ2n) is 4.43. The van der Waals surface area contributed by atoms with E-state index in [2.05, 4.69) is 28.9 Å². The number of nitrogens with zero attached hydrogens (tertiary/aromatic N) is 3. The van der Waals surface area contributed by atoms with E-state index in [1.54, 1.807) is 18.1 Å². The van der Waals surface area contributed by atoms with Gasteiger partial charge < -0.3 is 9.80 Å². The first kappa shape index (κ1) is 11.0. The van der Waals surface area contributed by atoms with Gasteiger partial charge in [0.2, 0.25) is 5.91 Å². The number of likely N-dealkylation sites (N-methyl/N-ethyl adjacent to an activating group) is 1. The van der Waals surface area contributed by atoms with Crippen LogP contribution >= 0.6 is 0 Å². The van der Waals surface area contributed by atoms with Gasteiger partial charge in [0.25, 0.3) is 0 Å². The highest BCUT2D eigenvalue weighted by atomic mass is 16.2. The third-order valence-corrected chi connectivity index (χ3v) is 3.11. The maximum atomic E-state index is 12.2. The van der Waals surface area contributed by atoms with E-state index in [4.69, 9.17) is 0 Å². The largest absolute Gasteiger partial charge is 0.341 e. The van der Waals surface area contributed by atoms with E-state index in [1.165, 1.54) is 0 Å². The Balaban J connectivity index is 2.51. The van der Waals surface area contributed by atoms with Crippen LogP contribution in [0.15, 0.2) is 6.20 Å². The average Bonchev–Trinajstić information content (AvgIpc) is 2.70. The van der Waals surface area contributed by atoms with Crippen molar-refractivity contribution < 1.29 is 4.79 Å². The van der Waals surface area contributed by atoms with Crippen molar-refractivity contribution in [2.75, 3.05) is 16.8 Å². The molecule has 1 atom stereocenters. The van der Waals surface area contributed by atoms with Gasteiger partial charge >= 0.3 is 0 Å². The molecule has 0 saturated heterocycles. The molecule has 2 heterocycles. The maximum absolute atomic E-state index is 12.2. The summed E-state index contributed by atoms with van der Waals surface area (Å²) in [6, 6.07) is 0.194. The summed E-state index contributed by atoms with van der Waals surface area (Å²) in [6.07, 6.45) is 2.51. The summed E-state index contributed by atoms with van der Waals surface area (Å²) in [5.74, 6) is 1.09. The molecular weight excluding hydrogens is 204 g/mol. The Morgan fingerprint density at radius 1 is 1.56 bits per heavy atom. The zero-order valence-electron chi connectivity index (χ0n) is 10.2. The molecule has 88 valence electrons. The standard InChI is InChI=1S/C11H18N4O/c1-5-8-11(16)14(4)9-6-12-13-10(9)15(8)7(2)3/h6-8H,5H2,1-4H3,(H,12,13). The van der Waals surface area contributed by atoms with E-state index < -0.39 is 0 Å². The van der Waals surface area contributed by atoms with E-state index in [-0.39, 0.29) is 18.0 Å². The molecule has 0 spiro atoms. The second kappa shape index (κ2) is 3.81. The summed E-state index contributed by atoms with van der Waals surface area (Å²) in [4.78, 5) is 16.0. The number of fused-ring (bicyclic) bond motifs is 1. The Morgan fingerprint density at radius 2 is 2.25 bits per heavy atom. The van der Waals surface area contributed by atoms with Gasteiger partial charge in [-0.3, -0.25) is 9.89 Å². The molecule has 1 N–H and O–H groups in total. The summed E-state index contributed by atoms with van der Waals surface area (Å²) in [7, 11) is 1.80. The molecule has 1 aliphatic heterocycles. The van der Waals surface area contributed by atoms with Crippen LogP contribution in [-0.4, -0.2) is 35.2 Å². The van der Waals surface area contributed by atoms with Gasteiger partial charge in [-0.05, 0) is 20.3 Å². The number of H-pyrrole nitrogens is 1. The van der Waals surface area contributed by atoms with Gasteiger partial charge in [0.05, 0.1) is 6.20 Å². The van der Waals surface area contributed by atoms with E-state index in [9.17, 15) is 4.79 Å². The maximum Gasteiger partial charge on any atom is 0.249 e. The van der Waals surface area contributed by atoms with Crippen molar-refractivity contribution in [2.24, 2.45) is 0 Å². The Bertz CT molecular complexity index is 398. The van der Waals surface area contributed by atoms with Crippen molar-refractivity contribution >= 4 is 17.4 Å². The molecule has 2 rings (SSSR count). The molecule has 0 saturated carbocycles. The van der Waals surface area contributed by atoms with Crippen LogP contribution in [0.4, 0.5) is 11.5 Å². The molecule has 1 unspecified atom stereocenters. The van der Waals surface area contributed by atoms with Crippen LogP contribution in [-0.2, 0) is 4.79 Å². The van der Waals surface area contributed by atoms with Crippen molar-refractivity contribution in [1.29, 1.82) is 0 Å². The Kier molecular flexibility index (Phi) is 2.61. The van der Waals surface area contributed by atoms with E-state index >= 15 is 0 Å². The number of amides is 1. The molecular formula is C11H18N4O. The van der Waals surface area contributed by atoms with Gasteiger partial charge in [-0.2, -0.15) is 5.10 Å². The number of nitrogens with one attached hydrogen (secondary N) is 1. The third-order valence-electron chi connectivity index (χ3n) is 3.11. The van der Waals surface area contributed by atoms with Gasteiger partial charge in [0.1, 0.15) is 17.5 Å². The first-order valence-corrected chi connectivity index (χ1v) is 5.67. The Hall–Kier alpha value is -1.52. The average molecular weight is 222 g/mol. The Morgan fingerprint density at radius 3 is 2.81 bits per heavy atom. The smallest absolute Gasteiger partial charge is 0.249 e. The minimum atomic E-state index is -0.0852. The SMILES string of the molecule is CCC1C(=O)N(C)c2cn[nH]c2N1C(C)C. The Labute approximate surface area is 95.4 Å². The number of carbonyl (C=O) groups is 1. The topological polar surface area (TPSA) is 52.2 Å². The summed E-state index contributed by atoms with van der Waals surface area (Å²) >= 11 is 0. The molecule has 0 radical (unpaired) electrons. The quantitative estimate of drug-likeness (QED) is 0.822. The highest BCUT2D eigenvalue weighted by Crippen LogP contribution is 2.35. The lowest BCUT2D eigenvalue weighted by atomic mass is 10.1. The molecule has 1 amide bonds. The molecule has 1 aromatic heterocycles. The number of aromatic amines is 1. The monoisotopic (exact) mass is 222 g/mol. The van der Waals surface area contributed by atoms with E-state index in [0.29, 0.717) is 0 Å². The van der Waals surface area contributed by atoms with Gasteiger partial charge in [-0.1, -0.05) is 6.92 Å². The van der Waals surface area contributed by atoms with Gasteiger partial charge in [-0.25, -0.2) is 0 Å². The predicted octanol–water partition coefficient (Wildman–Crippen LogP) is 1.38. The van der Waals surface area contributed by atoms with Crippen LogP contribution in [0.5, 0.6) is 0 Å². The van der Waals surface area contributed by atoms with Gasteiger partial charge in [0.15, 0.2) is 0 Å².